The molecule has 2 saturated heterocycles. The van der Waals surface area contributed by atoms with Crippen molar-refractivity contribution in [2.75, 3.05) is 50.8 Å². The van der Waals surface area contributed by atoms with Gasteiger partial charge in [0.15, 0.2) is 5.54 Å². The van der Waals surface area contributed by atoms with Crippen LogP contribution < -0.4 is 4.90 Å². The third kappa shape index (κ3) is 3.56. The number of aliphatic hydroxyl groups is 1. The molecule has 0 aliphatic carbocycles. The summed E-state index contributed by atoms with van der Waals surface area (Å²) in [6, 6.07) is 15.9. The monoisotopic (exact) mass is 475 g/mol. The van der Waals surface area contributed by atoms with Crippen molar-refractivity contribution < 1.29 is 24.2 Å². The molecule has 3 aliphatic rings. The molecule has 0 radical (unpaired) electrons. The minimum Gasteiger partial charge on any atom is -0.507 e. The van der Waals surface area contributed by atoms with Crippen LogP contribution in [-0.4, -0.2) is 78.4 Å². The van der Waals surface area contributed by atoms with Gasteiger partial charge in [-0.25, -0.2) is 0 Å². The number of benzene rings is 2. The van der Waals surface area contributed by atoms with Crippen LogP contribution in [0.4, 0.5) is 5.69 Å². The second-order valence-electron chi connectivity index (χ2n) is 9.01. The summed E-state index contributed by atoms with van der Waals surface area (Å²) in [6.45, 7) is 5.72. The van der Waals surface area contributed by atoms with Gasteiger partial charge in [0.1, 0.15) is 5.76 Å². The summed E-state index contributed by atoms with van der Waals surface area (Å²) in [5.74, 6) is -2.31. The Morgan fingerprint density at radius 2 is 1.63 bits per heavy atom. The number of para-hydroxylation sites is 1. The maximum absolute atomic E-state index is 14.3. The van der Waals surface area contributed by atoms with Crippen LogP contribution in [0, 0.1) is 0 Å². The van der Waals surface area contributed by atoms with Crippen LogP contribution in [0.3, 0.4) is 0 Å². The van der Waals surface area contributed by atoms with E-state index in [1.807, 2.05) is 19.1 Å². The predicted octanol–water partition coefficient (Wildman–Crippen LogP) is 2.35. The number of fused-ring (bicyclic) bond motifs is 2. The summed E-state index contributed by atoms with van der Waals surface area (Å²) in [7, 11) is 0. The number of anilines is 1. The van der Waals surface area contributed by atoms with E-state index < -0.39 is 17.2 Å². The molecule has 8 heteroatoms. The normalized spacial score (nSPS) is 24.0. The number of hydrogen-bond acceptors (Lipinski definition) is 6. The molecule has 0 saturated carbocycles. The summed E-state index contributed by atoms with van der Waals surface area (Å²) in [5, 5.41) is 11.4. The lowest BCUT2D eigenvalue weighted by Gasteiger charge is -2.36. The Morgan fingerprint density at radius 3 is 2.34 bits per heavy atom. The van der Waals surface area contributed by atoms with Crippen LogP contribution in [0.2, 0.25) is 0 Å². The van der Waals surface area contributed by atoms with Crippen LogP contribution in [0.5, 0.6) is 0 Å². The van der Waals surface area contributed by atoms with Crippen LogP contribution in [0.15, 0.2) is 60.2 Å². The maximum atomic E-state index is 14.3. The number of likely N-dealkylation sites (tertiary alicyclic amines) is 1. The number of ether oxygens (including phenoxy) is 1. The molecule has 0 bridgehead atoms. The van der Waals surface area contributed by atoms with E-state index in [9.17, 15) is 19.5 Å². The average molecular weight is 476 g/mol. The van der Waals surface area contributed by atoms with Crippen molar-refractivity contribution in [2.45, 2.75) is 18.9 Å². The van der Waals surface area contributed by atoms with Crippen molar-refractivity contribution in [3.63, 3.8) is 0 Å². The highest BCUT2D eigenvalue weighted by Crippen LogP contribution is 2.53. The van der Waals surface area contributed by atoms with Gasteiger partial charge in [0.2, 0.25) is 0 Å². The second kappa shape index (κ2) is 9.28. The number of rotatable bonds is 6. The molecular formula is C27H29N3O5. The Bertz CT molecular complexity index is 1190. The standard InChI is InChI=1S/C27H29N3O5/c1-2-12-29-21-11-7-6-10-20(21)27(26(29)34)22(23(31)19-8-4-3-5-9-19)24(32)25(33)30(27)14-13-28-15-17-35-18-16-28/h3-11,31H,2,12-18H2,1H3. The molecule has 35 heavy (non-hydrogen) atoms. The molecule has 1 N–H and O–H groups in total. The van der Waals surface area contributed by atoms with E-state index in [0.717, 1.165) is 0 Å². The van der Waals surface area contributed by atoms with Crippen molar-refractivity contribution >= 4 is 29.0 Å². The first-order valence-electron chi connectivity index (χ1n) is 12.1. The zero-order chi connectivity index (χ0) is 24.6. The zero-order valence-electron chi connectivity index (χ0n) is 19.8. The maximum Gasteiger partial charge on any atom is 0.296 e. The first-order chi connectivity index (χ1) is 17.0. The molecule has 2 fully saturated rings. The Kier molecular flexibility index (Phi) is 6.17. The van der Waals surface area contributed by atoms with Crippen molar-refractivity contribution in [3.8, 4) is 0 Å². The number of morpholine rings is 1. The van der Waals surface area contributed by atoms with Gasteiger partial charge in [0.05, 0.1) is 24.5 Å². The molecule has 2 amide bonds. The van der Waals surface area contributed by atoms with Gasteiger partial charge in [-0.05, 0) is 12.5 Å². The third-order valence-corrected chi connectivity index (χ3v) is 7.05. The highest BCUT2D eigenvalue weighted by Gasteiger charge is 2.66. The van der Waals surface area contributed by atoms with E-state index in [0.29, 0.717) is 62.6 Å². The number of aliphatic hydroxyl groups excluding tert-OH is 1. The Morgan fingerprint density at radius 1 is 0.943 bits per heavy atom. The van der Waals surface area contributed by atoms with Gasteiger partial charge in [0.25, 0.3) is 17.6 Å². The van der Waals surface area contributed by atoms with Crippen LogP contribution in [-0.2, 0) is 24.7 Å². The van der Waals surface area contributed by atoms with E-state index in [1.54, 1.807) is 47.4 Å². The number of carbonyl (C=O) groups excluding carboxylic acids is 3. The molecular weight excluding hydrogens is 446 g/mol. The minimum absolute atomic E-state index is 0.160. The smallest absolute Gasteiger partial charge is 0.296 e. The molecule has 0 aromatic heterocycles. The first kappa shape index (κ1) is 23.3. The van der Waals surface area contributed by atoms with Crippen LogP contribution in [0.25, 0.3) is 5.76 Å². The molecule has 182 valence electrons. The molecule has 8 nitrogen and oxygen atoms in total. The van der Waals surface area contributed by atoms with Crippen molar-refractivity contribution in [2.24, 2.45) is 0 Å². The second-order valence-corrected chi connectivity index (χ2v) is 9.01. The van der Waals surface area contributed by atoms with Crippen LogP contribution >= 0.6 is 0 Å². The van der Waals surface area contributed by atoms with Crippen molar-refractivity contribution in [3.05, 3.63) is 71.3 Å². The molecule has 1 unspecified atom stereocenters. The predicted molar refractivity (Wildman–Crippen MR) is 131 cm³/mol. The van der Waals surface area contributed by atoms with E-state index in [2.05, 4.69) is 4.90 Å². The Hall–Kier alpha value is -3.49. The third-order valence-electron chi connectivity index (χ3n) is 7.05. The highest BCUT2D eigenvalue weighted by atomic mass is 16.5. The fourth-order valence-corrected chi connectivity index (χ4v) is 5.42. The topological polar surface area (TPSA) is 90.4 Å². The van der Waals surface area contributed by atoms with Gasteiger partial charge in [0, 0.05) is 43.9 Å². The van der Waals surface area contributed by atoms with E-state index in [-0.39, 0.29) is 23.8 Å². The van der Waals surface area contributed by atoms with Gasteiger partial charge in [-0.2, -0.15) is 0 Å². The Balaban J connectivity index is 1.70. The number of carbonyl (C=O) groups is 3. The number of ketones is 1. The molecule has 1 spiro atoms. The number of hydrogen-bond donors (Lipinski definition) is 1. The largest absolute Gasteiger partial charge is 0.507 e. The summed E-state index contributed by atoms with van der Waals surface area (Å²) in [5.41, 5.74) is -0.260. The van der Waals surface area contributed by atoms with E-state index in [1.165, 1.54) is 4.90 Å². The van der Waals surface area contributed by atoms with Gasteiger partial charge in [-0.15, -0.1) is 0 Å². The zero-order valence-corrected chi connectivity index (χ0v) is 19.8. The lowest BCUT2D eigenvalue weighted by atomic mass is 9.82. The van der Waals surface area contributed by atoms with Gasteiger partial charge in [-0.3, -0.25) is 19.3 Å². The van der Waals surface area contributed by atoms with E-state index in [4.69, 9.17) is 4.74 Å². The molecule has 5 rings (SSSR count). The molecule has 2 aromatic rings. The first-order valence-corrected chi connectivity index (χ1v) is 12.1. The fourth-order valence-electron chi connectivity index (χ4n) is 5.42. The summed E-state index contributed by atoms with van der Waals surface area (Å²) < 4.78 is 5.43. The fraction of sp³-hybridized carbons (Fsp3) is 0.370. The van der Waals surface area contributed by atoms with Crippen LogP contribution in [0.1, 0.15) is 24.5 Å². The quantitative estimate of drug-likeness (QED) is 0.392. The molecule has 2 aromatic carbocycles. The van der Waals surface area contributed by atoms with Crippen molar-refractivity contribution in [1.29, 1.82) is 0 Å². The Labute approximate surface area is 204 Å². The minimum atomic E-state index is -1.70. The lowest BCUT2D eigenvalue weighted by molar-refractivity contribution is -0.144. The lowest BCUT2D eigenvalue weighted by Crippen LogP contribution is -2.54. The van der Waals surface area contributed by atoms with Crippen molar-refractivity contribution in [1.82, 2.24) is 9.80 Å². The average Bonchev–Trinajstić information content (AvgIpc) is 3.27. The van der Waals surface area contributed by atoms with Gasteiger partial charge in [-0.1, -0.05) is 55.5 Å². The summed E-state index contributed by atoms with van der Waals surface area (Å²) >= 11 is 0. The van der Waals surface area contributed by atoms with Gasteiger partial charge >= 0.3 is 0 Å². The number of nitrogens with zero attached hydrogens (tertiary/aromatic N) is 3. The molecule has 3 aliphatic heterocycles. The summed E-state index contributed by atoms with van der Waals surface area (Å²) in [4.78, 5) is 46.5. The number of amides is 2. The molecule has 1 atom stereocenters. The van der Waals surface area contributed by atoms with E-state index >= 15 is 0 Å². The summed E-state index contributed by atoms with van der Waals surface area (Å²) in [6.07, 6.45) is 0.704. The number of Topliss-reactive ketones (excluding diaryl/α,β-unsaturated/α-hetero) is 1. The SMILES string of the molecule is CCCN1C(=O)C2(C(=C(O)c3ccccc3)C(=O)C(=O)N2CCN2CCOCC2)c2ccccc21. The highest BCUT2D eigenvalue weighted by molar-refractivity contribution is 6.50. The molecule has 3 heterocycles. The van der Waals surface area contributed by atoms with Gasteiger partial charge < -0.3 is 19.6 Å².